The Labute approximate surface area is 124 Å². The van der Waals surface area contributed by atoms with Crippen LogP contribution in [0.4, 0.5) is 4.79 Å². The summed E-state index contributed by atoms with van der Waals surface area (Å²) in [6, 6.07) is 9.30. The summed E-state index contributed by atoms with van der Waals surface area (Å²) in [6.45, 7) is 7.28. The number of benzene rings is 1. The zero-order valence-corrected chi connectivity index (χ0v) is 11.9. The first kappa shape index (κ1) is 16.5. The van der Waals surface area contributed by atoms with Crippen molar-refractivity contribution in [2.24, 2.45) is 0 Å². The highest BCUT2D eigenvalue weighted by molar-refractivity contribution is 5.78. The van der Waals surface area contributed by atoms with Gasteiger partial charge in [0.05, 0.1) is 0 Å². The van der Waals surface area contributed by atoms with Gasteiger partial charge in [-0.3, -0.25) is 9.69 Å². The van der Waals surface area contributed by atoms with E-state index in [1.54, 1.807) is 0 Å². The van der Waals surface area contributed by atoms with Crippen LogP contribution in [0.25, 0.3) is 0 Å². The molecule has 112 valence electrons. The number of amides is 1. The molecule has 0 atom stereocenters. The average Bonchev–Trinajstić information content (AvgIpc) is 2.51. The molecular formula is C16H19NO4. The van der Waals surface area contributed by atoms with Crippen molar-refractivity contribution < 1.29 is 19.1 Å². The fraction of sp³-hybridized carbons (Fsp3) is 0.250. The van der Waals surface area contributed by atoms with Gasteiger partial charge in [-0.15, -0.1) is 6.58 Å². The zero-order valence-electron chi connectivity index (χ0n) is 11.9. The van der Waals surface area contributed by atoms with Gasteiger partial charge in [-0.2, -0.15) is 0 Å². The average molecular weight is 289 g/mol. The Morgan fingerprint density at radius 2 is 1.81 bits per heavy atom. The zero-order chi connectivity index (χ0) is 15.5. The van der Waals surface area contributed by atoms with Gasteiger partial charge >= 0.3 is 12.1 Å². The molecule has 0 aliphatic rings. The Kier molecular flexibility index (Phi) is 7.35. The molecule has 0 unspecified atom stereocenters. The summed E-state index contributed by atoms with van der Waals surface area (Å²) in [5, 5.41) is 0. The van der Waals surface area contributed by atoms with E-state index in [0.717, 1.165) is 5.56 Å². The second kappa shape index (κ2) is 9.36. The first-order valence-corrected chi connectivity index (χ1v) is 6.50. The fourth-order valence-electron chi connectivity index (χ4n) is 1.52. The highest BCUT2D eigenvalue weighted by Gasteiger charge is 2.18. The summed E-state index contributed by atoms with van der Waals surface area (Å²) in [7, 11) is 0. The van der Waals surface area contributed by atoms with E-state index in [0.29, 0.717) is 0 Å². The molecule has 0 fully saturated rings. The molecule has 0 aromatic heterocycles. The van der Waals surface area contributed by atoms with Crippen molar-refractivity contribution in [2.75, 3.05) is 19.7 Å². The Bertz CT molecular complexity index is 484. The van der Waals surface area contributed by atoms with Gasteiger partial charge in [0.15, 0.2) is 0 Å². The van der Waals surface area contributed by atoms with E-state index in [9.17, 15) is 9.59 Å². The molecule has 0 aliphatic heterocycles. The van der Waals surface area contributed by atoms with Crippen molar-refractivity contribution in [3.8, 4) is 0 Å². The Hall–Kier alpha value is -2.56. The molecule has 1 rings (SSSR count). The van der Waals surface area contributed by atoms with Crippen LogP contribution in [0.1, 0.15) is 5.56 Å². The molecule has 0 N–H and O–H groups in total. The normalized spacial score (nSPS) is 9.52. The maximum atomic E-state index is 11.9. The highest BCUT2D eigenvalue weighted by atomic mass is 16.6. The van der Waals surface area contributed by atoms with E-state index in [-0.39, 0.29) is 26.3 Å². The number of hydrogen-bond donors (Lipinski definition) is 0. The lowest BCUT2D eigenvalue weighted by molar-refractivity contribution is -0.143. The first-order chi connectivity index (χ1) is 10.2. The molecule has 0 saturated heterocycles. The summed E-state index contributed by atoms with van der Waals surface area (Å²) in [5.41, 5.74) is 0.874. The largest absolute Gasteiger partial charge is 0.460 e. The number of carbonyl (C=O) groups is 2. The second-order valence-corrected chi connectivity index (χ2v) is 4.18. The van der Waals surface area contributed by atoms with Gasteiger partial charge in [0, 0.05) is 6.54 Å². The van der Waals surface area contributed by atoms with E-state index in [4.69, 9.17) is 9.47 Å². The van der Waals surface area contributed by atoms with E-state index in [1.807, 2.05) is 30.3 Å². The minimum absolute atomic E-state index is 0.111. The molecule has 1 aromatic carbocycles. The van der Waals surface area contributed by atoms with Crippen LogP contribution in [0.3, 0.4) is 0 Å². The fourth-order valence-corrected chi connectivity index (χ4v) is 1.52. The molecule has 0 heterocycles. The van der Waals surface area contributed by atoms with Crippen molar-refractivity contribution in [1.29, 1.82) is 0 Å². The first-order valence-electron chi connectivity index (χ1n) is 6.50. The van der Waals surface area contributed by atoms with Crippen molar-refractivity contribution >= 4 is 12.1 Å². The molecule has 21 heavy (non-hydrogen) atoms. The summed E-state index contributed by atoms with van der Waals surface area (Å²) in [4.78, 5) is 24.7. The summed E-state index contributed by atoms with van der Waals surface area (Å²) >= 11 is 0. The smallest absolute Gasteiger partial charge is 0.410 e. The van der Waals surface area contributed by atoms with Crippen molar-refractivity contribution in [1.82, 2.24) is 4.90 Å². The second-order valence-electron chi connectivity index (χ2n) is 4.18. The van der Waals surface area contributed by atoms with Gasteiger partial charge in [-0.25, -0.2) is 4.79 Å². The van der Waals surface area contributed by atoms with Crippen LogP contribution in [0.15, 0.2) is 55.6 Å². The summed E-state index contributed by atoms with van der Waals surface area (Å²) < 4.78 is 10.00. The monoisotopic (exact) mass is 289 g/mol. The third-order valence-corrected chi connectivity index (χ3v) is 2.49. The maximum absolute atomic E-state index is 11.9. The lowest BCUT2D eigenvalue weighted by atomic mass is 10.2. The van der Waals surface area contributed by atoms with Crippen LogP contribution in [0.2, 0.25) is 0 Å². The molecule has 0 saturated carbocycles. The molecule has 5 heteroatoms. The van der Waals surface area contributed by atoms with Gasteiger partial charge in [0.1, 0.15) is 19.8 Å². The van der Waals surface area contributed by atoms with E-state index in [2.05, 4.69) is 13.2 Å². The maximum Gasteiger partial charge on any atom is 0.410 e. The number of nitrogens with zero attached hydrogens (tertiary/aromatic N) is 1. The molecule has 0 radical (unpaired) electrons. The van der Waals surface area contributed by atoms with Crippen LogP contribution in [0, 0.1) is 0 Å². The quantitative estimate of drug-likeness (QED) is 0.545. The van der Waals surface area contributed by atoms with Crippen LogP contribution < -0.4 is 0 Å². The number of rotatable bonds is 8. The van der Waals surface area contributed by atoms with E-state index in [1.165, 1.54) is 17.1 Å². The third-order valence-electron chi connectivity index (χ3n) is 2.49. The SMILES string of the molecule is C=CCOC(=O)CN(CC=C)C(=O)OCc1ccccc1. The highest BCUT2D eigenvalue weighted by Crippen LogP contribution is 2.03. The minimum atomic E-state index is -0.589. The molecule has 0 aliphatic carbocycles. The predicted octanol–water partition coefficient (Wildman–Crippen LogP) is 2.54. The number of esters is 1. The van der Waals surface area contributed by atoms with Crippen molar-refractivity contribution in [3.05, 3.63) is 61.2 Å². The molecule has 5 nitrogen and oxygen atoms in total. The standard InChI is InChI=1S/C16H19NO4/c1-3-10-17(12-15(18)20-11-4-2)16(19)21-13-14-8-6-5-7-9-14/h3-9H,1-2,10-13H2. The van der Waals surface area contributed by atoms with Gasteiger partial charge in [0.25, 0.3) is 0 Å². The lowest BCUT2D eigenvalue weighted by Gasteiger charge is -2.19. The molecule has 1 amide bonds. The molecular weight excluding hydrogens is 270 g/mol. The Morgan fingerprint density at radius 3 is 2.43 bits per heavy atom. The van der Waals surface area contributed by atoms with Crippen molar-refractivity contribution in [2.45, 2.75) is 6.61 Å². The van der Waals surface area contributed by atoms with Crippen LogP contribution >= 0.6 is 0 Å². The van der Waals surface area contributed by atoms with Gasteiger partial charge in [-0.1, -0.05) is 49.1 Å². The van der Waals surface area contributed by atoms with Crippen LogP contribution in [0.5, 0.6) is 0 Å². The lowest BCUT2D eigenvalue weighted by Crippen LogP contribution is -2.37. The Balaban J connectivity index is 2.50. The third kappa shape index (κ3) is 6.42. The van der Waals surface area contributed by atoms with Crippen molar-refractivity contribution in [3.63, 3.8) is 0 Å². The number of carbonyl (C=O) groups excluding carboxylic acids is 2. The van der Waals surface area contributed by atoms with Gasteiger partial charge in [0.2, 0.25) is 0 Å². The topological polar surface area (TPSA) is 55.8 Å². The van der Waals surface area contributed by atoms with Gasteiger partial charge in [-0.05, 0) is 5.56 Å². The summed E-state index contributed by atoms with van der Waals surface area (Å²) in [5.74, 6) is -0.520. The van der Waals surface area contributed by atoms with Crippen LogP contribution in [-0.4, -0.2) is 36.7 Å². The predicted molar refractivity (Wildman–Crippen MR) is 79.6 cm³/mol. The number of ether oxygens (including phenoxy) is 2. The minimum Gasteiger partial charge on any atom is -0.460 e. The Morgan fingerprint density at radius 1 is 1.10 bits per heavy atom. The molecule has 0 bridgehead atoms. The van der Waals surface area contributed by atoms with Gasteiger partial charge < -0.3 is 9.47 Å². The molecule has 1 aromatic rings. The van der Waals surface area contributed by atoms with E-state index < -0.39 is 12.1 Å². The number of hydrogen-bond acceptors (Lipinski definition) is 4. The summed E-state index contributed by atoms with van der Waals surface area (Å²) in [6.07, 6.45) is 2.39. The molecule has 0 spiro atoms. The van der Waals surface area contributed by atoms with E-state index >= 15 is 0 Å². The van der Waals surface area contributed by atoms with Crippen LogP contribution in [-0.2, 0) is 20.9 Å².